The summed E-state index contributed by atoms with van der Waals surface area (Å²) in [5, 5.41) is 28.5. The molecular formula is C17H22O7. The summed E-state index contributed by atoms with van der Waals surface area (Å²) in [4.78, 5) is 10.6. The van der Waals surface area contributed by atoms with Crippen LogP contribution in [0.1, 0.15) is 30.1 Å². The molecule has 2 aromatic carbocycles. The van der Waals surface area contributed by atoms with Crippen molar-refractivity contribution in [3.63, 3.8) is 0 Å². The molecule has 0 aliphatic rings. The number of hydrogen-bond acceptors (Lipinski definition) is 4. The number of aliphatic carboxylic acids is 1. The minimum absolute atomic E-state index is 0. The highest BCUT2D eigenvalue weighted by Gasteiger charge is 2.21. The van der Waals surface area contributed by atoms with Crippen LogP contribution in [0.2, 0.25) is 0 Å². The number of benzene rings is 2. The van der Waals surface area contributed by atoms with Gasteiger partial charge in [0.1, 0.15) is 11.5 Å². The van der Waals surface area contributed by atoms with Crippen molar-refractivity contribution in [1.82, 2.24) is 0 Å². The van der Waals surface area contributed by atoms with Gasteiger partial charge in [0.2, 0.25) is 0 Å². The maximum Gasteiger partial charge on any atom is 0.341 e. The number of para-hydroxylation sites is 1. The van der Waals surface area contributed by atoms with E-state index in [1.807, 2.05) is 13.0 Å². The van der Waals surface area contributed by atoms with Crippen molar-refractivity contribution in [2.24, 2.45) is 0 Å². The van der Waals surface area contributed by atoms with Crippen LogP contribution in [0.4, 0.5) is 0 Å². The Hall–Kier alpha value is -2.61. The van der Waals surface area contributed by atoms with Crippen LogP contribution >= 0.6 is 0 Å². The maximum absolute atomic E-state index is 10.6. The Morgan fingerprint density at radius 2 is 1.67 bits per heavy atom. The normalized spacial score (nSPS) is 12.2. The highest BCUT2D eigenvalue weighted by molar-refractivity contribution is 5.68. The minimum Gasteiger partial charge on any atom is -0.508 e. The predicted molar refractivity (Wildman–Crippen MR) is 88.3 cm³/mol. The van der Waals surface area contributed by atoms with Crippen molar-refractivity contribution in [3.05, 3.63) is 59.7 Å². The predicted octanol–water partition coefficient (Wildman–Crippen LogP) is 1.04. The summed E-state index contributed by atoms with van der Waals surface area (Å²) in [5.74, 6) is -0.778. The van der Waals surface area contributed by atoms with E-state index in [1.54, 1.807) is 30.3 Å². The summed E-state index contributed by atoms with van der Waals surface area (Å²) >= 11 is 0. The molecular weight excluding hydrogens is 316 g/mol. The molecule has 0 unspecified atom stereocenters. The first kappa shape index (κ1) is 21.4. The zero-order valence-corrected chi connectivity index (χ0v) is 13.1. The molecule has 2 aromatic rings. The Bertz CT molecular complexity index is 640. The largest absolute Gasteiger partial charge is 0.508 e. The van der Waals surface area contributed by atoms with E-state index in [-0.39, 0.29) is 22.6 Å². The highest BCUT2D eigenvalue weighted by Crippen LogP contribution is 2.35. The lowest BCUT2D eigenvalue weighted by Gasteiger charge is -2.22. The van der Waals surface area contributed by atoms with Crippen molar-refractivity contribution >= 4 is 5.97 Å². The minimum atomic E-state index is -1.05. The van der Waals surface area contributed by atoms with E-state index < -0.39 is 18.7 Å². The van der Waals surface area contributed by atoms with Crippen molar-refractivity contribution in [2.75, 3.05) is 6.61 Å². The number of aliphatic hydroxyl groups excluding tert-OH is 1. The molecule has 0 radical (unpaired) electrons. The number of aliphatic hydroxyl groups is 1. The Labute approximate surface area is 139 Å². The second kappa shape index (κ2) is 9.51. The summed E-state index contributed by atoms with van der Waals surface area (Å²) in [6, 6.07) is 13.4. The Balaban J connectivity index is 0.00000264. The molecule has 132 valence electrons. The molecule has 0 bridgehead atoms. The first-order chi connectivity index (χ1) is 10.5. The molecule has 0 aromatic heterocycles. The molecule has 0 aliphatic heterocycles. The van der Waals surface area contributed by atoms with Crippen LogP contribution in [0, 0.1) is 0 Å². The van der Waals surface area contributed by atoms with Gasteiger partial charge in [-0.3, -0.25) is 0 Å². The van der Waals surface area contributed by atoms with Gasteiger partial charge in [0, 0.05) is 5.92 Å². The lowest BCUT2D eigenvalue weighted by Crippen LogP contribution is -2.13. The monoisotopic (exact) mass is 338 g/mol. The lowest BCUT2D eigenvalue weighted by atomic mass is 9.90. The van der Waals surface area contributed by atoms with Gasteiger partial charge in [-0.15, -0.1) is 0 Å². The van der Waals surface area contributed by atoms with Gasteiger partial charge < -0.3 is 31.0 Å². The number of ether oxygens (including phenoxy) is 1. The Morgan fingerprint density at radius 1 is 1.08 bits per heavy atom. The molecule has 7 nitrogen and oxygen atoms in total. The van der Waals surface area contributed by atoms with E-state index in [2.05, 4.69) is 0 Å². The molecule has 0 saturated carbocycles. The topological polar surface area (TPSA) is 150 Å². The molecule has 0 aliphatic carbocycles. The first-order valence-electron chi connectivity index (χ1n) is 6.89. The van der Waals surface area contributed by atoms with Crippen LogP contribution in [0.25, 0.3) is 0 Å². The summed E-state index contributed by atoms with van der Waals surface area (Å²) in [6.45, 7) is 1.40. The fraction of sp³-hybridized carbons (Fsp3) is 0.235. The fourth-order valence-electron chi connectivity index (χ4n) is 2.26. The molecule has 0 amide bonds. The average Bonchev–Trinajstić information content (AvgIpc) is 2.52. The number of hydrogen-bond donors (Lipinski definition) is 3. The summed E-state index contributed by atoms with van der Waals surface area (Å²) < 4.78 is 5.27. The van der Waals surface area contributed by atoms with Crippen LogP contribution in [0.15, 0.2) is 48.5 Å². The Kier molecular flexibility index (Phi) is 8.48. The summed E-state index contributed by atoms with van der Waals surface area (Å²) in [5.41, 5.74) is 1.39. The highest BCUT2D eigenvalue weighted by atomic mass is 16.5. The van der Waals surface area contributed by atoms with E-state index in [1.165, 1.54) is 12.1 Å². The molecule has 2 atom stereocenters. The maximum atomic E-state index is 10.6. The number of phenolic OH excluding ortho intramolecular Hbond substituents is 1. The Morgan fingerprint density at radius 3 is 2.25 bits per heavy atom. The van der Waals surface area contributed by atoms with Gasteiger partial charge in [-0.1, -0.05) is 37.3 Å². The third-order valence-corrected chi connectivity index (χ3v) is 3.47. The van der Waals surface area contributed by atoms with Gasteiger partial charge in [-0.2, -0.15) is 0 Å². The smallest absolute Gasteiger partial charge is 0.341 e. The zero-order chi connectivity index (χ0) is 16.1. The molecule has 7 N–H and O–H groups in total. The molecule has 0 spiro atoms. The summed E-state index contributed by atoms with van der Waals surface area (Å²) in [7, 11) is 0. The van der Waals surface area contributed by atoms with Crippen LogP contribution < -0.4 is 4.74 Å². The molecule has 0 heterocycles. The third kappa shape index (κ3) is 5.24. The van der Waals surface area contributed by atoms with Crippen molar-refractivity contribution < 1.29 is 35.8 Å². The number of carboxylic acid groups (broad SMARTS) is 1. The third-order valence-electron chi connectivity index (χ3n) is 3.47. The van der Waals surface area contributed by atoms with Gasteiger partial charge in [0.05, 0.1) is 6.10 Å². The summed E-state index contributed by atoms with van der Waals surface area (Å²) in [6.07, 6.45) is -0.796. The number of phenols is 1. The van der Waals surface area contributed by atoms with E-state index in [4.69, 9.17) is 9.84 Å². The molecule has 24 heavy (non-hydrogen) atoms. The second-order valence-corrected chi connectivity index (χ2v) is 5.05. The molecule has 0 saturated heterocycles. The van der Waals surface area contributed by atoms with E-state index in [0.717, 1.165) is 5.56 Å². The number of carbonyl (C=O) groups is 1. The fourth-order valence-corrected chi connectivity index (χ4v) is 2.26. The van der Waals surface area contributed by atoms with E-state index in [0.29, 0.717) is 11.3 Å². The van der Waals surface area contributed by atoms with Crippen LogP contribution in [0.5, 0.6) is 11.5 Å². The number of carboxylic acids is 1. The van der Waals surface area contributed by atoms with Crippen LogP contribution in [0.3, 0.4) is 0 Å². The van der Waals surface area contributed by atoms with Crippen molar-refractivity contribution in [3.8, 4) is 11.5 Å². The SMILES string of the molecule is C[C@@H](c1ccccc1OCC(=O)O)[C@@H](O)c1ccc(O)cc1.O.O. The van der Waals surface area contributed by atoms with Crippen LogP contribution in [-0.2, 0) is 4.79 Å². The molecule has 7 heteroatoms. The van der Waals surface area contributed by atoms with Gasteiger partial charge >= 0.3 is 5.97 Å². The van der Waals surface area contributed by atoms with Crippen molar-refractivity contribution in [1.29, 1.82) is 0 Å². The zero-order valence-electron chi connectivity index (χ0n) is 13.1. The standard InChI is InChI=1S/C17H18O5.2H2O/c1-11(17(21)12-6-8-13(18)9-7-12)14-4-2-3-5-15(14)22-10-16(19)20;;/h2-9,11,17-18,21H,10H2,1H3,(H,19,20);2*1H2/t11-,17+;;/m0../s1. The molecule has 0 fully saturated rings. The number of aromatic hydroxyl groups is 1. The van der Waals surface area contributed by atoms with Gasteiger partial charge in [0.15, 0.2) is 6.61 Å². The second-order valence-electron chi connectivity index (χ2n) is 5.05. The lowest BCUT2D eigenvalue weighted by molar-refractivity contribution is -0.139. The van der Waals surface area contributed by atoms with Gasteiger partial charge in [-0.05, 0) is 29.3 Å². The number of rotatable bonds is 6. The van der Waals surface area contributed by atoms with Crippen LogP contribution in [-0.4, -0.2) is 38.8 Å². The van der Waals surface area contributed by atoms with E-state index >= 15 is 0 Å². The molecule has 2 rings (SSSR count). The quantitative estimate of drug-likeness (QED) is 0.719. The van der Waals surface area contributed by atoms with Gasteiger partial charge in [-0.25, -0.2) is 4.79 Å². The van der Waals surface area contributed by atoms with Crippen molar-refractivity contribution in [2.45, 2.75) is 18.9 Å². The average molecular weight is 338 g/mol. The van der Waals surface area contributed by atoms with Gasteiger partial charge in [0.25, 0.3) is 0 Å². The van der Waals surface area contributed by atoms with E-state index in [9.17, 15) is 15.0 Å². The first-order valence-corrected chi connectivity index (χ1v) is 6.89.